The van der Waals surface area contributed by atoms with Crippen LogP contribution in [0, 0.1) is 5.92 Å². The Labute approximate surface area is 377 Å². The molecule has 1 rings (SSSR count). The summed E-state index contributed by atoms with van der Waals surface area (Å²) in [6.07, 6.45) is 0.233. The average molecular weight is 919 g/mol. The van der Waals surface area contributed by atoms with Crippen LogP contribution >= 0.6 is 0 Å². The normalized spacial score (nSPS) is 12.6. The summed E-state index contributed by atoms with van der Waals surface area (Å²) < 4.78 is 59.1. The van der Waals surface area contributed by atoms with Gasteiger partial charge in [-0.05, 0) is 37.7 Å². The van der Waals surface area contributed by atoms with E-state index in [1.165, 1.54) is 6.92 Å². The highest BCUT2D eigenvalue weighted by molar-refractivity contribution is 5.93. The largest absolute Gasteiger partial charge is 0.480 e. The number of amides is 4. The van der Waals surface area contributed by atoms with Crippen LogP contribution in [0.3, 0.4) is 0 Å². The smallest absolute Gasteiger partial charge is 0.408 e. The van der Waals surface area contributed by atoms with E-state index in [1.807, 2.05) is 6.07 Å². The molecule has 0 aromatic heterocycles. The van der Waals surface area contributed by atoms with Gasteiger partial charge in [0.15, 0.2) is 0 Å². The first-order chi connectivity index (χ1) is 31.0. The monoisotopic (exact) mass is 919 g/mol. The van der Waals surface area contributed by atoms with E-state index in [0.29, 0.717) is 125 Å². The molecule has 0 bridgehead atoms. The van der Waals surface area contributed by atoms with Crippen LogP contribution in [0.4, 0.5) is 4.79 Å². The van der Waals surface area contributed by atoms with Gasteiger partial charge in [-0.3, -0.25) is 19.2 Å². The molecule has 64 heavy (non-hydrogen) atoms. The van der Waals surface area contributed by atoms with E-state index in [0.717, 1.165) is 5.56 Å². The van der Waals surface area contributed by atoms with Crippen molar-refractivity contribution in [1.82, 2.24) is 21.3 Å². The summed E-state index contributed by atoms with van der Waals surface area (Å²) in [5.41, 5.74) is 0.754. The molecule has 0 heterocycles. The van der Waals surface area contributed by atoms with Crippen molar-refractivity contribution in [3.63, 3.8) is 0 Å². The van der Waals surface area contributed by atoms with Gasteiger partial charge in [-0.25, -0.2) is 4.79 Å². The van der Waals surface area contributed by atoms with Crippen LogP contribution < -0.4 is 21.3 Å². The number of carboxylic acids is 1. The van der Waals surface area contributed by atoms with Crippen LogP contribution in [0.15, 0.2) is 30.3 Å². The number of nitrogens with one attached hydrogen (secondary N) is 4. The molecule has 0 unspecified atom stereocenters. The summed E-state index contributed by atoms with van der Waals surface area (Å²) in [6, 6.07) is 5.70. The maximum atomic E-state index is 13.4. The van der Waals surface area contributed by atoms with Gasteiger partial charge in [-0.15, -0.1) is 0 Å². The lowest BCUT2D eigenvalue weighted by atomic mass is 10.0. The van der Waals surface area contributed by atoms with Crippen molar-refractivity contribution in [3.05, 3.63) is 35.9 Å². The molecule has 1 aromatic rings. The van der Waals surface area contributed by atoms with Crippen molar-refractivity contribution < 1.29 is 81.2 Å². The number of unbranched alkanes of at least 4 members (excludes halogenated alkanes) is 1. The first-order valence-electron chi connectivity index (χ1n) is 21.8. The zero-order valence-electron chi connectivity index (χ0n) is 38.1. The summed E-state index contributed by atoms with van der Waals surface area (Å²) >= 11 is 0. The second-order valence-electron chi connectivity index (χ2n) is 14.3. The van der Waals surface area contributed by atoms with Crippen molar-refractivity contribution in [2.45, 2.75) is 64.8 Å². The van der Waals surface area contributed by atoms with Crippen LogP contribution in [0.5, 0.6) is 0 Å². The first kappa shape index (κ1) is 58.0. The average Bonchev–Trinajstić information content (AvgIpc) is 3.27. The fourth-order valence-electron chi connectivity index (χ4n) is 5.15. The van der Waals surface area contributed by atoms with Crippen molar-refractivity contribution in [2.75, 3.05) is 139 Å². The highest BCUT2D eigenvalue weighted by atomic mass is 16.6. The first-order valence-corrected chi connectivity index (χ1v) is 21.8. The minimum absolute atomic E-state index is 0.0169. The molecular weight excluding hydrogens is 844 g/mol. The quantitative estimate of drug-likeness (QED) is 0.0575. The minimum atomic E-state index is -1.22. The lowest BCUT2D eigenvalue weighted by Gasteiger charge is -2.26. The third-order valence-corrected chi connectivity index (χ3v) is 8.68. The van der Waals surface area contributed by atoms with Gasteiger partial charge in [0, 0.05) is 13.7 Å². The highest BCUT2D eigenvalue weighted by Gasteiger charge is 2.30. The van der Waals surface area contributed by atoms with Gasteiger partial charge in [-0.1, -0.05) is 44.2 Å². The molecule has 4 amide bonds. The predicted molar refractivity (Wildman–Crippen MR) is 232 cm³/mol. The Hall–Kier alpha value is -4.03. The molecule has 21 nitrogen and oxygen atoms in total. The second-order valence-corrected chi connectivity index (χ2v) is 14.3. The Morgan fingerprint density at radius 2 is 1.02 bits per heavy atom. The Morgan fingerprint density at radius 1 is 0.562 bits per heavy atom. The maximum Gasteiger partial charge on any atom is 0.408 e. The molecule has 0 aliphatic rings. The lowest BCUT2D eigenvalue weighted by Crippen LogP contribution is -2.57. The van der Waals surface area contributed by atoms with Gasteiger partial charge in [0.2, 0.25) is 17.7 Å². The number of methoxy groups -OCH3 is 1. The molecule has 5 N–H and O–H groups in total. The van der Waals surface area contributed by atoms with Crippen molar-refractivity contribution in [3.8, 4) is 0 Å². The van der Waals surface area contributed by atoms with Crippen molar-refractivity contribution in [2.24, 2.45) is 5.92 Å². The molecule has 0 fully saturated rings. The summed E-state index contributed by atoms with van der Waals surface area (Å²) in [7, 11) is 1.63. The van der Waals surface area contributed by atoms with E-state index < -0.39 is 42.0 Å². The zero-order valence-corrected chi connectivity index (χ0v) is 38.1. The Bertz CT molecular complexity index is 1350. The van der Waals surface area contributed by atoms with Gasteiger partial charge in [0.05, 0.1) is 119 Å². The SMILES string of the molecule is COCCOCCOCCOCCOCCOCCOCCOCCOCCOCC(=O)NCCCC[C@H](NC(=O)OCc1ccccc1)C(=O)N[C@H](C(=O)N[C@@H](C)C(=O)O)C(C)C. The Balaban J connectivity index is 2.10. The van der Waals surface area contributed by atoms with Crippen LogP contribution in [-0.2, 0) is 77.9 Å². The summed E-state index contributed by atoms with van der Waals surface area (Å²) in [5.74, 6) is -3.25. The maximum absolute atomic E-state index is 13.4. The molecule has 1 aromatic carbocycles. The third kappa shape index (κ3) is 33.5. The van der Waals surface area contributed by atoms with Crippen LogP contribution in [0.2, 0.25) is 0 Å². The fourth-order valence-corrected chi connectivity index (χ4v) is 5.15. The number of benzene rings is 1. The molecule has 0 saturated carbocycles. The number of rotatable bonds is 43. The van der Waals surface area contributed by atoms with E-state index in [2.05, 4.69) is 21.3 Å². The molecule has 0 aliphatic carbocycles. The predicted octanol–water partition coefficient (Wildman–Crippen LogP) is 1.09. The highest BCUT2D eigenvalue weighted by Crippen LogP contribution is 2.08. The standard InChI is InChI=1S/C43H74N4O17/c1-34(2)39(41(50)45-35(3)42(51)52)47-40(49)37(46-43(53)64-32-36-10-6-5-7-11-36)12-8-9-13-44-38(48)33-63-31-30-62-29-28-61-27-26-60-25-24-59-23-22-58-21-20-57-19-18-56-17-16-55-15-14-54-4/h5-7,10-11,34-35,37,39H,8-9,12-33H2,1-4H3,(H,44,48)(H,45,50)(H,46,53)(H,47,49)(H,51,52)/t35-,37-,39-/m0/s1. The van der Waals surface area contributed by atoms with Crippen LogP contribution in [0.25, 0.3) is 0 Å². The van der Waals surface area contributed by atoms with Crippen molar-refractivity contribution >= 4 is 29.8 Å². The summed E-state index contributed by atoms with van der Waals surface area (Å²) in [6.45, 7) is 12.9. The molecular formula is C43H74N4O17. The Morgan fingerprint density at radius 3 is 1.45 bits per heavy atom. The van der Waals surface area contributed by atoms with Gasteiger partial charge in [-0.2, -0.15) is 0 Å². The molecule has 0 spiro atoms. The van der Waals surface area contributed by atoms with E-state index in [1.54, 1.807) is 45.2 Å². The number of carbonyl (C=O) groups is 5. The molecule has 0 saturated heterocycles. The molecule has 3 atom stereocenters. The number of carbonyl (C=O) groups excluding carboxylic acids is 4. The van der Waals surface area contributed by atoms with Crippen LogP contribution in [0.1, 0.15) is 45.6 Å². The van der Waals surface area contributed by atoms with Gasteiger partial charge in [0.25, 0.3) is 0 Å². The van der Waals surface area contributed by atoms with Gasteiger partial charge < -0.3 is 78.5 Å². The summed E-state index contributed by atoms with van der Waals surface area (Å²) in [4.78, 5) is 62.3. The van der Waals surface area contributed by atoms with E-state index in [-0.39, 0.29) is 44.7 Å². The van der Waals surface area contributed by atoms with Crippen molar-refractivity contribution in [1.29, 1.82) is 0 Å². The Kier molecular flexibility index (Phi) is 36.7. The van der Waals surface area contributed by atoms with Crippen LogP contribution in [-0.4, -0.2) is 192 Å². The number of alkyl carbamates (subject to hydrolysis) is 1. The summed E-state index contributed by atoms with van der Waals surface area (Å²) in [5, 5.41) is 19.5. The third-order valence-electron chi connectivity index (χ3n) is 8.68. The van der Waals surface area contributed by atoms with E-state index >= 15 is 0 Å². The number of ether oxygens (including phenoxy) is 11. The molecule has 21 heteroatoms. The fraction of sp³-hybridized carbons (Fsp3) is 0.744. The number of carboxylic acid groups (broad SMARTS) is 1. The minimum Gasteiger partial charge on any atom is -0.480 e. The molecule has 0 radical (unpaired) electrons. The van der Waals surface area contributed by atoms with E-state index in [4.69, 9.17) is 52.1 Å². The zero-order chi connectivity index (χ0) is 46.9. The number of aliphatic carboxylic acids is 1. The number of hydrogen-bond donors (Lipinski definition) is 5. The number of hydrogen-bond acceptors (Lipinski definition) is 16. The molecule has 368 valence electrons. The second kappa shape index (κ2) is 40.5. The van der Waals surface area contributed by atoms with E-state index in [9.17, 15) is 29.1 Å². The van der Waals surface area contributed by atoms with Gasteiger partial charge >= 0.3 is 12.1 Å². The molecule has 0 aliphatic heterocycles. The topological polar surface area (TPSA) is 255 Å². The lowest BCUT2D eigenvalue weighted by molar-refractivity contribution is -0.142. The van der Waals surface area contributed by atoms with Gasteiger partial charge in [0.1, 0.15) is 31.3 Å².